The summed E-state index contributed by atoms with van der Waals surface area (Å²) in [7, 11) is 0. The van der Waals surface area contributed by atoms with Crippen LogP contribution in [0.4, 0.5) is 0 Å². The molecule has 2 aliphatic rings. The van der Waals surface area contributed by atoms with E-state index in [0.717, 1.165) is 6.42 Å². The Kier molecular flexibility index (Phi) is 5.13. The van der Waals surface area contributed by atoms with Crippen LogP contribution in [-0.4, -0.2) is 41.6 Å². The lowest BCUT2D eigenvalue weighted by atomic mass is 10.0. The molecule has 0 saturated carbocycles. The summed E-state index contributed by atoms with van der Waals surface area (Å²) in [6, 6.07) is 0. The third kappa shape index (κ3) is 4.48. The predicted molar refractivity (Wildman–Crippen MR) is 66.1 cm³/mol. The molecule has 17 heavy (non-hydrogen) atoms. The molecular weight excluding hydrogens is 240 g/mol. The van der Waals surface area contributed by atoms with Gasteiger partial charge in [0.15, 0.2) is 6.29 Å². The number of hydrogen-bond acceptors (Lipinski definition) is 4. The van der Waals surface area contributed by atoms with E-state index in [1.165, 1.54) is 24.3 Å². The second kappa shape index (κ2) is 6.61. The fourth-order valence-corrected chi connectivity index (χ4v) is 3.51. The van der Waals surface area contributed by atoms with Crippen LogP contribution in [0.5, 0.6) is 0 Å². The zero-order chi connectivity index (χ0) is 12.1. The van der Waals surface area contributed by atoms with Gasteiger partial charge in [0, 0.05) is 12.8 Å². The highest BCUT2D eigenvalue weighted by Crippen LogP contribution is 2.29. The van der Waals surface area contributed by atoms with Crippen molar-refractivity contribution in [3.8, 4) is 0 Å². The van der Waals surface area contributed by atoms with Gasteiger partial charge >= 0.3 is 5.97 Å². The largest absolute Gasteiger partial charge is 0.481 e. The van der Waals surface area contributed by atoms with Crippen molar-refractivity contribution in [3.05, 3.63) is 0 Å². The first-order valence-electron chi connectivity index (χ1n) is 6.30. The van der Waals surface area contributed by atoms with Gasteiger partial charge in [-0.25, -0.2) is 0 Å². The molecule has 0 amide bonds. The number of aliphatic carboxylic acids is 1. The maximum atomic E-state index is 10.5. The molecule has 98 valence electrons. The van der Waals surface area contributed by atoms with Gasteiger partial charge in [0.2, 0.25) is 0 Å². The average Bonchev–Trinajstić information content (AvgIpc) is 2.75. The fraction of sp³-hybridized carbons (Fsp3) is 0.917. The van der Waals surface area contributed by atoms with Crippen molar-refractivity contribution in [2.24, 2.45) is 5.92 Å². The van der Waals surface area contributed by atoms with Crippen LogP contribution in [0.2, 0.25) is 0 Å². The molecule has 0 aliphatic carbocycles. The van der Waals surface area contributed by atoms with Crippen LogP contribution in [0.15, 0.2) is 0 Å². The van der Waals surface area contributed by atoms with E-state index in [-0.39, 0.29) is 18.8 Å². The van der Waals surface area contributed by atoms with E-state index in [0.29, 0.717) is 18.9 Å². The Hall–Kier alpha value is -0.260. The van der Waals surface area contributed by atoms with Gasteiger partial charge in [-0.2, -0.15) is 11.8 Å². The minimum absolute atomic E-state index is 0.0210. The molecule has 0 bridgehead atoms. The van der Waals surface area contributed by atoms with Gasteiger partial charge in [-0.15, -0.1) is 0 Å². The van der Waals surface area contributed by atoms with Gasteiger partial charge in [-0.3, -0.25) is 4.79 Å². The van der Waals surface area contributed by atoms with E-state index in [1.807, 2.05) is 11.8 Å². The monoisotopic (exact) mass is 260 g/mol. The first kappa shape index (κ1) is 13.2. The van der Waals surface area contributed by atoms with Crippen LogP contribution in [0.1, 0.15) is 32.1 Å². The fourth-order valence-electron chi connectivity index (χ4n) is 2.33. The molecular formula is C12H20O4S. The van der Waals surface area contributed by atoms with Gasteiger partial charge < -0.3 is 14.6 Å². The van der Waals surface area contributed by atoms with E-state index in [9.17, 15) is 4.79 Å². The molecule has 0 spiro atoms. The van der Waals surface area contributed by atoms with Crippen LogP contribution in [0.3, 0.4) is 0 Å². The first-order chi connectivity index (χ1) is 8.24. The molecule has 2 fully saturated rings. The number of carboxylic acids is 1. The Morgan fingerprint density at radius 2 is 2.35 bits per heavy atom. The zero-order valence-electron chi connectivity index (χ0n) is 9.97. The molecule has 0 aromatic heterocycles. The van der Waals surface area contributed by atoms with Crippen LogP contribution < -0.4 is 0 Å². The minimum atomic E-state index is -0.763. The predicted octanol–water partition coefficient (Wildman–Crippen LogP) is 2.13. The van der Waals surface area contributed by atoms with Crippen molar-refractivity contribution in [3.63, 3.8) is 0 Å². The molecule has 5 heteroatoms. The van der Waals surface area contributed by atoms with Gasteiger partial charge in [0.1, 0.15) is 0 Å². The Labute approximate surface area is 106 Å². The second-order valence-electron chi connectivity index (χ2n) is 4.77. The summed E-state index contributed by atoms with van der Waals surface area (Å²) in [5, 5.41) is 8.60. The normalized spacial score (nSPS) is 33.8. The number of rotatable bonds is 5. The van der Waals surface area contributed by atoms with Gasteiger partial charge in [-0.05, 0) is 36.7 Å². The lowest BCUT2D eigenvalue weighted by molar-refractivity contribution is -0.138. The minimum Gasteiger partial charge on any atom is -0.481 e. The van der Waals surface area contributed by atoms with Crippen LogP contribution in [0.25, 0.3) is 0 Å². The number of carbonyl (C=O) groups is 1. The standard InChI is InChI=1S/C12H20O4S/c13-11(14)4-3-10-7-15-12(16-10)6-9-2-1-5-17-8-9/h9-10,12H,1-8H2,(H,13,14). The maximum absolute atomic E-state index is 10.5. The first-order valence-corrected chi connectivity index (χ1v) is 7.46. The summed E-state index contributed by atoms with van der Waals surface area (Å²) >= 11 is 2.01. The van der Waals surface area contributed by atoms with Crippen molar-refractivity contribution >= 4 is 17.7 Å². The highest BCUT2D eigenvalue weighted by Gasteiger charge is 2.29. The summed E-state index contributed by atoms with van der Waals surface area (Å²) in [5.74, 6) is 2.44. The van der Waals surface area contributed by atoms with E-state index >= 15 is 0 Å². The molecule has 0 aromatic rings. The Balaban J connectivity index is 1.64. The molecule has 3 unspecified atom stereocenters. The average molecular weight is 260 g/mol. The van der Waals surface area contributed by atoms with Crippen molar-refractivity contribution in [1.29, 1.82) is 0 Å². The van der Waals surface area contributed by atoms with Crippen LogP contribution in [0, 0.1) is 5.92 Å². The van der Waals surface area contributed by atoms with E-state index in [4.69, 9.17) is 14.6 Å². The van der Waals surface area contributed by atoms with E-state index in [1.54, 1.807) is 0 Å². The van der Waals surface area contributed by atoms with E-state index in [2.05, 4.69) is 0 Å². The molecule has 2 aliphatic heterocycles. The highest BCUT2D eigenvalue weighted by molar-refractivity contribution is 7.99. The second-order valence-corrected chi connectivity index (χ2v) is 5.92. The molecule has 4 nitrogen and oxygen atoms in total. The molecule has 2 heterocycles. The topological polar surface area (TPSA) is 55.8 Å². The van der Waals surface area contributed by atoms with Gasteiger partial charge in [0.05, 0.1) is 12.7 Å². The SMILES string of the molecule is O=C(O)CCC1COC(CC2CCCSC2)O1. The van der Waals surface area contributed by atoms with Crippen molar-refractivity contribution in [2.45, 2.75) is 44.5 Å². The molecule has 1 N–H and O–H groups in total. The van der Waals surface area contributed by atoms with Crippen LogP contribution in [-0.2, 0) is 14.3 Å². The highest BCUT2D eigenvalue weighted by atomic mass is 32.2. The van der Waals surface area contributed by atoms with Gasteiger partial charge in [-0.1, -0.05) is 0 Å². The Morgan fingerprint density at radius 3 is 3.06 bits per heavy atom. The number of ether oxygens (including phenoxy) is 2. The maximum Gasteiger partial charge on any atom is 0.303 e. The summed E-state index contributed by atoms with van der Waals surface area (Å²) in [6.45, 7) is 0.553. The Bertz CT molecular complexity index is 253. The lowest BCUT2D eigenvalue weighted by Gasteiger charge is -2.23. The van der Waals surface area contributed by atoms with Crippen molar-refractivity contribution < 1.29 is 19.4 Å². The molecule has 0 aromatic carbocycles. The quantitative estimate of drug-likeness (QED) is 0.820. The van der Waals surface area contributed by atoms with Gasteiger partial charge in [0.25, 0.3) is 0 Å². The lowest BCUT2D eigenvalue weighted by Crippen LogP contribution is -2.20. The number of thioether (sulfide) groups is 1. The van der Waals surface area contributed by atoms with E-state index < -0.39 is 5.97 Å². The summed E-state index contributed by atoms with van der Waals surface area (Å²) in [5.41, 5.74) is 0. The molecule has 2 saturated heterocycles. The number of carboxylic acid groups (broad SMARTS) is 1. The Morgan fingerprint density at radius 1 is 1.47 bits per heavy atom. The molecule has 0 radical (unpaired) electrons. The zero-order valence-corrected chi connectivity index (χ0v) is 10.8. The summed E-state index contributed by atoms with van der Waals surface area (Å²) < 4.78 is 11.3. The third-order valence-corrected chi connectivity index (χ3v) is 4.56. The smallest absolute Gasteiger partial charge is 0.303 e. The molecule has 3 atom stereocenters. The third-order valence-electron chi connectivity index (χ3n) is 3.27. The number of hydrogen-bond donors (Lipinski definition) is 1. The molecule has 2 rings (SSSR count). The summed E-state index contributed by atoms with van der Waals surface area (Å²) in [4.78, 5) is 10.5. The summed E-state index contributed by atoms with van der Waals surface area (Å²) in [6.07, 6.45) is 4.15. The van der Waals surface area contributed by atoms with Crippen LogP contribution >= 0.6 is 11.8 Å². The van der Waals surface area contributed by atoms with Crippen molar-refractivity contribution in [2.75, 3.05) is 18.1 Å². The van der Waals surface area contributed by atoms with Crippen molar-refractivity contribution in [1.82, 2.24) is 0 Å².